The number of nitrogens with one attached hydrogen (secondary N) is 2. The van der Waals surface area contributed by atoms with Gasteiger partial charge in [0.05, 0.1) is 12.0 Å². The first-order valence-electron chi connectivity index (χ1n) is 13.8. The summed E-state index contributed by atoms with van der Waals surface area (Å²) >= 11 is 0. The van der Waals surface area contributed by atoms with Crippen molar-refractivity contribution < 1.29 is 22.8 Å². The van der Waals surface area contributed by atoms with Gasteiger partial charge in [-0.3, -0.25) is 9.59 Å². The van der Waals surface area contributed by atoms with Crippen LogP contribution in [0.5, 0.6) is 0 Å². The number of rotatable bonds is 9. The van der Waals surface area contributed by atoms with E-state index in [-0.39, 0.29) is 30.0 Å². The molecule has 2 aromatic carbocycles. The number of nitrogens with two attached hydrogens (primary N) is 1. The Morgan fingerprint density at radius 3 is 2.27 bits per heavy atom. The van der Waals surface area contributed by atoms with Crippen molar-refractivity contribution in [3.05, 3.63) is 95.6 Å². The fourth-order valence-electron chi connectivity index (χ4n) is 5.49. The van der Waals surface area contributed by atoms with Gasteiger partial charge in [-0.05, 0) is 36.4 Å². The van der Waals surface area contributed by atoms with Crippen LogP contribution in [0.3, 0.4) is 0 Å². The summed E-state index contributed by atoms with van der Waals surface area (Å²) in [6, 6.07) is 19.5. The van der Waals surface area contributed by atoms with Crippen LogP contribution >= 0.6 is 0 Å². The molecule has 4 N–H and O–H groups in total. The Balaban J connectivity index is 1.44. The second-order valence-electron chi connectivity index (χ2n) is 10.6. The molecule has 1 saturated heterocycles. The van der Waals surface area contributed by atoms with E-state index in [9.17, 15) is 22.8 Å². The Kier molecular flexibility index (Phi) is 9.81. The van der Waals surface area contributed by atoms with Crippen molar-refractivity contribution in [1.82, 2.24) is 15.5 Å². The van der Waals surface area contributed by atoms with E-state index in [2.05, 4.69) is 34.9 Å². The molecule has 1 fully saturated rings. The Morgan fingerprint density at radius 2 is 1.73 bits per heavy atom. The average molecular weight is 555 g/mol. The molecule has 2 aromatic rings. The number of hydrogen-bond acceptors (Lipinski definition) is 4. The summed E-state index contributed by atoms with van der Waals surface area (Å²) in [7, 11) is 0. The summed E-state index contributed by atoms with van der Waals surface area (Å²) < 4.78 is 39.5. The number of amides is 2. The van der Waals surface area contributed by atoms with Crippen molar-refractivity contribution in [2.45, 2.75) is 43.9 Å². The number of carbonyl (C=O) groups excluding carboxylic acids is 2. The molecule has 0 aromatic heterocycles. The van der Waals surface area contributed by atoms with Gasteiger partial charge in [0.15, 0.2) is 0 Å². The zero-order valence-corrected chi connectivity index (χ0v) is 22.6. The second kappa shape index (κ2) is 13.3. The van der Waals surface area contributed by atoms with Gasteiger partial charge in [-0.1, -0.05) is 85.8 Å². The predicted molar refractivity (Wildman–Crippen MR) is 149 cm³/mol. The lowest BCUT2D eigenvalue weighted by atomic mass is 9.86. The maximum Gasteiger partial charge on any atom is 0.395 e. The van der Waals surface area contributed by atoms with Gasteiger partial charge in [0.25, 0.3) is 5.91 Å². The highest BCUT2D eigenvalue weighted by molar-refractivity contribution is 5.96. The number of benzene rings is 2. The molecule has 2 amide bonds. The van der Waals surface area contributed by atoms with E-state index in [0.29, 0.717) is 32.5 Å². The summed E-state index contributed by atoms with van der Waals surface area (Å²) in [6.07, 6.45) is 0.353. The van der Waals surface area contributed by atoms with Crippen LogP contribution in [0.2, 0.25) is 0 Å². The highest BCUT2D eigenvalue weighted by Gasteiger charge is 2.42. The summed E-state index contributed by atoms with van der Waals surface area (Å²) in [4.78, 5) is 28.3. The van der Waals surface area contributed by atoms with E-state index in [4.69, 9.17) is 5.73 Å². The Bertz CT molecular complexity index is 1160. The molecule has 1 heterocycles. The van der Waals surface area contributed by atoms with E-state index < -0.39 is 30.0 Å². The zero-order valence-electron chi connectivity index (χ0n) is 22.6. The molecule has 40 heavy (non-hydrogen) atoms. The highest BCUT2D eigenvalue weighted by atomic mass is 19.4. The highest BCUT2D eigenvalue weighted by Crippen LogP contribution is 2.36. The van der Waals surface area contributed by atoms with Crippen molar-refractivity contribution >= 4 is 11.8 Å². The van der Waals surface area contributed by atoms with Crippen LogP contribution in [0.25, 0.3) is 0 Å². The van der Waals surface area contributed by atoms with Crippen molar-refractivity contribution in [2.75, 3.05) is 26.2 Å². The minimum atomic E-state index is -4.35. The number of allylic oxidation sites excluding steroid dienone is 2. The van der Waals surface area contributed by atoms with E-state index in [1.165, 1.54) is 19.1 Å². The first kappa shape index (κ1) is 29.6. The van der Waals surface area contributed by atoms with Crippen molar-refractivity contribution in [3.63, 3.8) is 0 Å². The van der Waals surface area contributed by atoms with Crippen LogP contribution in [0, 0.1) is 11.8 Å². The van der Waals surface area contributed by atoms with Gasteiger partial charge in [0.2, 0.25) is 5.91 Å². The maximum atomic E-state index is 13.6. The number of halogens is 3. The minimum absolute atomic E-state index is 0.00586. The lowest BCUT2D eigenvalue weighted by Crippen LogP contribution is -2.50. The fourth-order valence-corrected chi connectivity index (χ4v) is 5.49. The maximum absolute atomic E-state index is 13.6. The van der Waals surface area contributed by atoms with Crippen LogP contribution in [-0.2, 0) is 9.59 Å². The standard InChI is InChI=1S/C31H37F3N4O2/c1-21-18-24(12-13-27(21)31(32,33)34)29(39)36-19-25-15-17-38(30(40)28(37-25)14-16-35)20-26(22-8-4-2-5-9-22)23-10-6-3-7-11-23/h2-13,18,21,25-28,37H,14-17,19-20,35H2,1H3,(H,36,39)/t21?,25-,27?,28-/m0/s1. The first-order valence-corrected chi connectivity index (χ1v) is 13.8. The van der Waals surface area contributed by atoms with Crippen LogP contribution in [0.4, 0.5) is 13.2 Å². The molecule has 9 heteroatoms. The molecule has 4 atom stereocenters. The molecule has 2 aliphatic rings. The Labute approximate surface area is 233 Å². The van der Waals surface area contributed by atoms with Gasteiger partial charge in [-0.25, -0.2) is 0 Å². The van der Waals surface area contributed by atoms with Crippen LogP contribution in [0.1, 0.15) is 36.8 Å². The normalized spacial score (nSPS) is 23.6. The van der Waals surface area contributed by atoms with Gasteiger partial charge in [-0.2, -0.15) is 13.2 Å². The summed E-state index contributed by atoms with van der Waals surface area (Å²) in [5.74, 6) is -2.89. The molecule has 0 bridgehead atoms. The van der Waals surface area contributed by atoms with Gasteiger partial charge in [-0.15, -0.1) is 0 Å². The third-order valence-corrected chi connectivity index (χ3v) is 7.70. The van der Waals surface area contributed by atoms with E-state index in [0.717, 1.165) is 17.2 Å². The van der Waals surface area contributed by atoms with Gasteiger partial charge in [0, 0.05) is 37.2 Å². The molecule has 214 valence electrons. The largest absolute Gasteiger partial charge is 0.395 e. The van der Waals surface area contributed by atoms with Crippen molar-refractivity contribution in [3.8, 4) is 0 Å². The minimum Gasteiger partial charge on any atom is -0.350 e. The number of carbonyl (C=O) groups is 2. The monoisotopic (exact) mass is 554 g/mol. The summed E-state index contributed by atoms with van der Waals surface area (Å²) in [6.45, 7) is 3.02. The zero-order chi connectivity index (χ0) is 28.7. The molecule has 6 nitrogen and oxygen atoms in total. The molecule has 1 aliphatic carbocycles. The molecule has 0 spiro atoms. The summed E-state index contributed by atoms with van der Waals surface area (Å²) in [5.41, 5.74) is 8.30. The molecule has 0 radical (unpaired) electrons. The molecule has 2 unspecified atom stereocenters. The van der Waals surface area contributed by atoms with Crippen molar-refractivity contribution in [2.24, 2.45) is 17.6 Å². The average Bonchev–Trinajstić information content (AvgIpc) is 3.09. The van der Waals surface area contributed by atoms with Gasteiger partial charge < -0.3 is 21.3 Å². The van der Waals surface area contributed by atoms with Crippen LogP contribution < -0.4 is 16.4 Å². The topological polar surface area (TPSA) is 87.5 Å². The van der Waals surface area contributed by atoms with E-state index in [1.807, 2.05) is 41.3 Å². The molecule has 4 rings (SSSR count). The van der Waals surface area contributed by atoms with E-state index in [1.54, 1.807) is 0 Å². The molecular weight excluding hydrogens is 517 g/mol. The van der Waals surface area contributed by atoms with Gasteiger partial charge in [0.1, 0.15) is 0 Å². The molecule has 1 aliphatic heterocycles. The predicted octanol–water partition coefficient (Wildman–Crippen LogP) is 4.15. The Morgan fingerprint density at radius 1 is 1.10 bits per heavy atom. The second-order valence-corrected chi connectivity index (χ2v) is 10.6. The smallest absolute Gasteiger partial charge is 0.350 e. The van der Waals surface area contributed by atoms with Crippen LogP contribution in [-0.4, -0.2) is 61.2 Å². The van der Waals surface area contributed by atoms with Crippen molar-refractivity contribution in [1.29, 1.82) is 0 Å². The quantitative estimate of drug-likeness (QED) is 0.435. The Hall–Kier alpha value is -3.43. The first-order chi connectivity index (χ1) is 19.2. The summed E-state index contributed by atoms with van der Waals surface area (Å²) in [5, 5.41) is 6.22. The lowest BCUT2D eigenvalue weighted by Gasteiger charge is -2.29. The van der Waals surface area contributed by atoms with Crippen LogP contribution in [0.15, 0.2) is 84.5 Å². The van der Waals surface area contributed by atoms with E-state index >= 15 is 0 Å². The molecule has 0 saturated carbocycles. The molecular formula is C31H37F3N4O2. The fraction of sp³-hybridized carbons (Fsp3) is 0.419. The number of hydrogen-bond donors (Lipinski definition) is 3. The number of alkyl halides is 3. The third-order valence-electron chi connectivity index (χ3n) is 7.70. The third kappa shape index (κ3) is 7.40. The lowest BCUT2D eigenvalue weighted by molar-refractivity contribution is -0.169. The SMILES string of the molecule is CC1C=C(C(=O)NC[C@@H]2CCN(CC(c3ccccc3)c3ccccc3)C(=O)[C@H](CCN)N2)C=CC1C(F)(F)F. The number of nitrogens with zero attached hydrogens (tertiary/aromatic N) is 1. The van der Waals surface area contributed by atoms with Gasteiger partial charge >= 0.3 is 6.18 Å².